The largest absolute Gasteiger partial charge is 0.497 e. The first-order chi connectivity index (χ1) is 13.1. The van der Waals surface area contributed by atoms with Crippen molar-refractivity contribution >= 4 is 23.7 Å². The van der Waals surface area contributed by atoms with Crippen LogP contribution in [-0.4, -0.2) is 37.2 Å². The van der Waals surface area contributed by atoms with E-state index in [1.165, 1.54) is 5.56 Å². The molecule has 1 aliphatic heterocycles. The van der Waals surface area contributed by atoms with Gasteiger partial charge in [-0.1, -0.05) is 35.9 Å². The van der Waals surface area contributed by atoms with E-state index in [9.17, 15) is 4.79 Å². The van der Waals surface area contributed by atoms with Crippen LogP contribution in [0.2, 0.25) is 5.02 Å². The number of methoxy groups -OCH3 is 1. The average molecular weight is 386 g/mol. The monoisotopic (exact) mass is 385 g/mol. The lowest BCUT2D eigenvalue weighted by atomic mass is 9.96. The van der Waals surface area contributed by atoms with E-state index >= 15 is 0 Å². The van der Waals surface area contributed by atoms with E-state index in [0.29, 0.717) is 0 Å². The van der Waals surface area contributed by atoms with E-state index in [2.05, 4.69) is 27.6 Å². The van der Waals surface area contributed by atoms with Gasteiger partial charge in [0.2, 0.25) is 5.91 Å². The maximum atomic E-state index is 12.3. The number of hydrogen-bond acceptors (Lipinski definition) is 4. The number of piperidine rings is 1. The van der Waals surface area contributed by atoms with Gasteiger partial charge in [0.15, 0.2) is 0 Å². The van der Waals surface area contributed by atoms with Gasteiger partial charge in [-0.2, -0.15) is 5.10 Å². The fourth-order valence-corrected chi connectivity index (χ4v) is 3.31. The summed E-state index contributed by atoms with van der Waals surface area (Å²) in [4.78, 5) is 14.7. The summed E-state index contributed by atoms with van der Waals surface area (Å²) in [6.07, 6.45) is 3.32. The number of ether oxygens (including phenoxy) is 1. The Bertz CT molecular complexity index is 784. The molecule has 142 valence electrons. The van der Waals surface area contributed by atoms with Crippen molar-refractivity contribution < 1.29 is 9.53 Å². The molecule has 0 unspecified atom stereocenters. The van der Waals surface area contributed by atoms with Gasteiger partial charge in [-0.05, 0) is 61.3 Å². The van der Waals surface area contributed by atoms with Crippen molar-refractivity contribution in [2.45, 2.75) is 19.4 Å². The number of benzene rings is 2. The second kappa shape index (κ2) is 9.53. The smallest absolute Gasteiger partial charge is 0.243 e. The molecule has 1 saturated heterocycles. The first-order valence-corrected chi connectivity index (χ1v) is 9.45. The zero-order chi connectivity index (χ0) is 19.1. The molecule has 0 saturated carbocycles. The molecule has 1 N–H and O–H groups in total. The predicted molar refractivity (Wildman–Crippen MR) is 108 cm³/mol. The zero-order valence-corrected chi connectivity index (χ0v) is 16.2. The van der Waals surface area contributed by atoms with Crippen LogP contribution in [0.25, 0.3) is 0 Å². The molecule has 0 aliphatic carbocycles. The van der Waals surface area contributed by atoms with Gasteiger partial charge in [-0.15, -0.1) is 0 Å². The Kier molecular flexibility index (Phi) is 6.85. The topological polar surface area (TPSA) is 53.9 Å². The van der Waals surface area contributed by atoms with E-state index in [1.807, 2.05) is 36.4 Å². The number of amides is 1. The third-order valence-electron chi connectivity index (χ3n) is 4.76. The molecule has 0 spiro atoms. The Labute approximate surface area is 165 Å². The third kappa shape index (κ3) is 5.81. The predicted octanol–water partition coefficient (Wildman–Crippen LogP) is 3.71. The van der Waals surface area contributed by atoms with Gasteiger partial charge in [0.25, 0.3) is 0 Å². The Balaban J connectivity index is 1.44. The van der Waals surface area contributed by atoms with Crippen molar-refractivity contribution in [2.24, 2.45) is 11.0 Å². The molecule has 3 rings (SSSR count). The highest BCUT2D eigenvalue weighted by molar-refractivity contribution is 6.30. The van der Waals surface area contributed by atoms with E-state index < -0.39 is 0 Å². The van der Waals surface area contributed by atoms with Gasteiger partial charge in [0, 0.05) is 17.5 Å². The SMILES string of the molecule is COc1cccc(/C=N/NC(=O)C2CCN(Cc3ccc(Cl)cc3)CC2)c1. The molecule has 2 aromatic carbocycles. The van der Waals surface area contributed by atoms with Crippen LogP contribution < -0.4 is 10.2 Å². The van der Waals surface area contributed by atoms with Crippen LogP contribution in [0.4, 0.5) is 0 Å². The quantitative estimate of drug-likeness (QED) is 0.609. The van der Waals surface area contributed by atoms with Gasteiger partial charge < -0.3 is 4.74 Å². The van der Waals surface area contributed by atoms with Gasteiger partial charge in [0.05, 0.1) is 13.3 Å². The first kappa shape index (κ1) is 19.4. The number of carbonyl (C=O) groups excluding carboxylic acids is 1. The zero-order valence-electron chi connectivity index (χ0n) is 15.4. The van der Waals surface area contributed by atoms with Crippen LogP contribution in [0.1, 0.15) is 24.0 Å². The van der Waals surface area contributed by atoms with Crippen molar-refractivity contribution in [1.29, 1.82) is 0 Å². The van der Waals surface area contributed by atoms with Crippen molar-refractivity contribution in [1.82, 2.24) is 10.3 Å². The second-order valence-corrected chi connectivity index (χ2v) is 7.12. The van der Waals surface area contributed by atoms with Crippen molar-refractivity contribution in [2.75, 3.05) is 20.2 Å². The van der Waals surface area contributed by atoms with Crippen LogP contribution in [0, 0.1) is 5.92 Å². The van der Waals surface area contributed by atoms with E-state index in [-0.39, 0.29) is 11.8 Å². The van der Waals surface area contributed by atoms with Crippen molar-refractivity contribution in [3.05, 3.63) is 64.7 Å². The maximum Gasteiger partial charge on any atom is 0.243 e. The molecule has 1 aliphatic rings. The lowest BCUT2D eigenvalue weighted by Crippen LogP contribution is -2.39. The van der Waals surface area contributed by atoms with Gasteiger partial charge in [0.1, 0.15) is 5.75 Å². The van der Waals surface area contributed by atoms with Crippen molar-refractivity contribution in [3.63, 3.8) is 0 Å². The summed E-state index contributed by atoms with van der Waals surface area (Å²) in [5.74, 6) is 0.757. The normalized spacial score (nSPS) is 15.8. The highest BCUT2D eigenvalue weighted by Crippen LogP contribution is 2.20. The lowest BCUT2D eigenvalue weighted by molar-refractivity contribution is -0.126. The van der Waals surface area contributed by atoms with E-state index in [1.54, 1.807) is 13.3 Å². The molecule has 27 heavy (non-hydrogen) atoms. The number of hydrazone groups is 1. The number of halogens is 1. The van der Waals surface area contributed by atoms with Gasteiger partial charge >= 0.3 is 0 Å². The number of likely N-dealkylation sites (tertiary alicyclic amines) is 1. The van der Waals surface area contributed by atoms with Crippen LogP contribution in [0.15, 0.2) is 53.6 Å². The summed E-state index contributed by atoms with van der Waals surface area (Å²) in [5, 5.41) is 4.83. The molecule has 0 bridgehead atoms. The van der Waals surface area contributed by atoms with Crippen LogP contribution in [-0.2, 0) is 11.3 Å². The fourth-order valence-electron chi connectivity index (χ4n) is 3.18. The summed E-state index contributed by atoms with van der Waals surface area (Å²) >= 11 is 5.93. The minimum atomic E-state index is -0.0136. The maximum absolute atomic E-state index is 12.3. The fraction of sp³-hybridized carbons (Fsp3) is 0.333. The molecule has 1 heterocycles. The lowest BCUT2D eigenvalue weighted by Gasteiger charge is -2.30. The molecule has 1 fully saturated rings. The summed E-state index contributed by atoms with van der Waals surface area (Å²) in [6, 6.07) is 15.5. The van der Waals surface area contributed by atoms with Crippen molar-refractivity contribution in [3.8, 4) is 5.75 Å². The molecule has 0 atom stereocenters. The molecule has 2 aromatic rings. The first-order valence-electron chi connectivity index (χ1n) is 9.08. The number of nitrogens with zero attached hydrogens (tertiary/aromatic N) is 2. The molecule has 5 nitrogen and oxygen atoms in total. The van der Waals surface area contributed by atoms with Crippen LogP contribution >= 0.6 is 11.6 Å². The van der Waals surface area contributed by atoms with Gasteiger partial charge in [-0.25, -0.2) is 5.43 Å². The van der Waals surface area contributed by atoms with Gasteiger partial charge in [-0.3, -0.25) is 9.69 Å². The van der Waals surface area contributed by atoms with E-state index in [0.717, 1.165) is 48.8 Å². The number of carbonyl (C=O) groups is 1. The molecule has 0 aromatic heterocycles. The molecular formula is C21H24ClN3O2. The minimum absolute atomic E-state index is 0.00827. The van der Waals surface area contributed by atoms with Crippen LogP contribution in [0.5, 0.6) is 5.75 Å². The Hall–Kier alpha value is -2.37. The molecule has 0 radical (unpaired) electrons. The molecular weight excluding hydrogens is 362 g/mol. The number of nitrogens with one attached hydrogen (secondary N) is 1. The minimum Gasteiger partial charge on any atom is -0.497 e. The Morgan fingerprint density at radius 1 is 1.26 bits per heavy atom. The third-order valence-corrected chi connectivity index (χ3v) is 5.01. The van der Waals surface area contributed by atoms with E-state index in [4.69, 9.17) is 16.3 Å². The summed E-state index contributed by atoms with van der Waals surface area (Å²) < 4.78 is 5.18. The van der Waals surface area contributed by atoms with Crippen LogP contribution in [0.3, 0.4) is 0 Å². The number of hydrogen-bond donors (Lipinski definition) is 1. The second-order valence-electron chi connectivity index (χ2n) is 6.69. The number of rotatable bonds is 6. The summed E-state index contributed by atoms with van der Waals surface area (Å²) in [5.41, 5.74) is 4.79. The highest BCUT2D eigenvalue weighted by Gasteiger charge is 2.24. The highest BCUT2D eigenvalue weighted by atomic mass is 35.5. The summed E-state index contributed by atoms with van der Waals surface area (Å²) in [6.45, 7) is 2.69. The molecule has 6 heteroatoms. The Morgan fingerprint density at radius 3 is 2.70 bits per heavy atom. The Morgan fingerprint density at radius 2 is 2.00 bits per heavy atom. The molecule has 1 amide bonds. The standard InChI is InChI=1S/C21H24ClN3O2/c1-27-20-4-2-3-17(13-20)14-23-24-21(26)18-9-11-25(12-10-18)15-16-5-7-19(22)8-6-16/h2-8,13-14,18H,9-12,15H2,1H3,(H,24,26)/b23-14+. The average Bonchev–Trinajstić information content (AvgIpc) is 2.70. The summed E-state index contributed by atoms with van der Waals surface area (Å²) in [7, 11) is 1.62.